The van der Waals surface area contributed by atoms with Crippen LogP contribution >= 0.6 is 0 Å². The quantitative estimate of drug-likeness (QED) is 0.836. The van der Waals surface area contributed by atoms with Gasteiger partial charge in [-0.2, -0.15) is 0 Å². The lowest BCUT2D eigenvalue weighted by Crippen LogP contribution is -2.27. The van der Waals surface area contributed by atoms with Gasteiger partial charge in [0.2, 0.25) is 0 Å². The molecule has 2 N–H and O–H groups in total. The lowest BCUT2D eigenvalue weighted by Gasteiger charge is -2.22. The van der Waals surface area contributed by atoms with E-state index in [4.69, 9.17) is 5.73 Å². The Morgan fingerprint density at radius 1 is 1.00 bits per heavy atom. The summed E-state index contributed by atoms with van der Waals surface area (Å²) in [5.74, 6) is 0. The fraction of sp³-hybridized carbons (Fsp3) is 0.625. The van der Waals surface area contributed by atoms with Gasteiger partial charge in [-0.05, 0) is 69.1 Å². The van der Waals surface area contributed by atoms with Crippen LogP contribution in [-0.4, -0.2) is 24.5 Å². The number of nitrogens with two attached hydrogens (primary N) is 1. The predicted octanol–water partition coefficient (Wildman–Crippen LogP) is 3.34. The first-order valence-corrected chi connectivity index (χ1v) is 7.05. The van der Waals surface area contributed by atoms with E-state index in [2.05, 4.69) is 51.7 Å². The molecule has 2 nitrogen and oxygen atoms in total. The van der Waals surface area contributed by atoms with E-state index < -0.39 is 0 Å². The van der Waals surface area contributed by atoms with Crippen molar-refractivity contribution in [1.82, 2.24) is 4.90 Å². The van der Waals surface area contributed by atoms with Crippen LogP contribution in [0.25, 0.3) is 0 Å². The minimum absolute atomic E-state index is 0.157. The van der Waals surface area contributed by atoms with E-state index in [9.17, 15) is 0 Å². The SMILES string of the molecule is CCN(CC)CCC(N)c1cc(C)c(C)cc1C. The summed E-state index contributed by atoms with van der Waals surface area (Å²) < 4.78 is 0. The third-order valence-corrected chi connectivity index (χ3v) is 3.93. The summed E-state index contributed by atoms with van der Waals surface area (Å²) in [6.07, 6.45) is 1.03. The molecule has 102 valence electrons. The smallest absolute Gasteiger partial charge is 0.0309 e. The highest BCUT2D eigenvalue weighted by molar-refractivity contribution is 5.38. The van der Waals surface area contributed by atoms with Crippen molar-refractivity contribution in [2.75, 3.05) is 19.6 Å². The van der Waals surface area contributed by atoms with Crippen LogP contribution in [0.1, 0.15) is 48.6 Å². The zero-order valence-corrected chi connectivity index (χ0v) is 12.6. The fourth-order valence-corrected chi connectivity index (χ4v) is 2.40. The van der Waals surface area contributed by atoms with Crippen LogP contribution in [0.3, 0.4) is 0 Å². The lowest BCUT2D eigenvalue weighted by molar-refractivity contribution is 0.290. The van der Waals surface area contributed by atoms with Gasteiger partial charge >= 0.3 is 0 Å². The Hall–Kier alpha value is -0.860. The normalized spacial score (nSPS) is 13.1. The summed E-state index contributed by atoms with van der Waals surface area (Å²) in [5, 5.41) is 0. The summed E-state index contributed by atoms with van der Waals surface area (Å²) in [5.41, 5.74) is 11.7. The van der Waals surface area contributed by atoms with Crippen molar-refractivity contribution in [2.24, 2.45) is 5.73 Å². The molecule has 0 saturated heterocycles. The molecule has 0 fully saturated rings. The minimum atomic E-state index is 0.157. The predicted molar refractivity (Wildman–Crippen MR) is 80.0 cm³/mol. The molecule has 1 aromatic carbocycles. The molecule has 0 saturated carbocycles. The summed E-state index contributed by atoms with van der Waals surface area (Å²) >= 11 is 0. The molecule has 0 aliphatic heterocycles. The highest BCUT2D eigenvalue weighted by Crippen LogP contribution is 2.22. The van der Waals surface area contributed by atoms with Crippen molar-refractivity contribution in [3.8, 4) is 0 Å². The van der Waals surface area contributed by atoms with E-state index >= 15 is 0 Å². The Balaban J connectivity index is 2.72. The lowest BCUT2D eigenvalue weighted by atomic mass is 9.94. The summed E-state index contributed by atoms with van der Waals surface area (Å²) in [7, 11) is 0. The molecule has 1 aromatic rings. The highest BCUT2D eigenvalue weighted by Gasteiger charge is 2.11. The van der Waals surface area contributed by atoms with Gasteiger partial charge in [0.1, 0.15) is 0 Å². The number of benzene rings is 1. The van der Waals surface area contributed by atoms with Gasteiger partial charge in [0, 0.05) is 6.04 Å². The van der Waals surface area contributed by atoms with Crippen molar-refractivity contribution < 1.29 is 0 Å². The zero-order chi connectivity index (χ0) is 13.7. The van der Waals surface area contributed by atoms with Crippen molar-refractivity contribution in [1.29, 1.82) is 0 Å². The largest absolute Gasteiger partial charge is 0.324 e. The Bertz CT molecular complexity index is 381. The first-order valence-electron chi connectivity index (χ1n) is 7.05. The van der Waals surface area contributed by atoms with Gasteiger partial charge in [0.25, 0.3) is 0 Å². The molecule has 1 atom stereocenters. The van der Waals surface area contributed by atoms with Crippen LogP contribution in [0.15, 0.2) is 12.1 Å². The maximum atomic E-state index is 6.35. The molecule has 0 aromatic heterocycles. The first kappa shape index (κ1) is 15.2. The van der Waals surface area contributed by atoms with Crippen LogP contribution in [0, 0.1) is 20.8 Å². The van der Waals surface area contributed by atoms with Crippen LogP contribution in [0.2, 0.25) is 0 Å². The molecule has 0 radical (unpaired) electrons. The van der Waals surface area contributed by atoms with E-state index in [-0.39, 0.29) is 6.04 Å². The average Bonchev–Trinajstić information content (AvgIpc) is 2.34. The van der Waals surface area contributed by atoms with Crippen LogP contribution in [0.4, 0.5) is 0 Å². The Morgan fingerprint density at radius 3 is 2.11 bits per heavy atom. The maximum Gasteiger partial charge on any atom is 0.0309 e. The number of nitrogens with zero attached hydrogens (tertiary/aromatic N) is 1. The van der Waals surface area contributed by atoms with E-state index in [1.165, 1.54) is 22.3 Å². The van der Waals surface area contributed by atoms with E-state index in [0.29, 0.717) is 0 Å². The first-order chi connectivity index (χ1) is 8.49. The molecule has 0 aliphatic rings. The second-order valence-corrected chi connectivity index (χ2v) is 5.22. The van der Waals surface area contributed by atoms with E-state index in [1.54, 1.807) is 0 Å². The summed E-state index contributed by atoms with van der Waals surface area (Å²) in [6, 6.07) is 4.67. The van der Waals surface area contributed by atoms with E-state index in [1.807, 2.05) is 0 Å². The molecule has 0 amide bonds. The molecular weight excluding hydrogens is 220 g/mol. The van der Waals surface area contributed by atoms with Crippen molar-refractivity contribution >= 4 is 0 Å². The average molecular weight is 248 g/mol. The second-order valence-electron chi connectivity index (χ2n) is 5.22. The molecule has 1 rings (SSSR count). The Morgan fingerprint density at radius 2 is 1.56 bits per heavy atom. The molecule has 0 bridgehead atoms. The number of hydrogen-bond donors (Lipinski definition) is 1. The summed E-state index contributed by atoms with van der Waals surface area (Å²) in [4.78, 5) is 2.43. The van der Waals surface area contributed by atoms with Crippen LogP contribution < -0.4 is 5.73 Å². The summed E-state index contributed by atoms with van der Waals surface area (Å²) in [6.45, 7) is 14.2. The number of rotatable bonds is 6. The van der Waals surface area contributed by atoms with Gasteiger partial charge in [-0.15, -0.1) is 0 Å². The van der Waals surface area contributed by atoms with E-state index in [0.717, 1.165) is 26.1 Å². The van der Waals surface area contributed by atoms with Gasteiger partial charge in [-0.25, -0.2) is 0 Å². The molecule has 2 heteroatoms. The topological polar surface area (TPSA) is 29.3 Å². The van der Waals surface area contributed by atoms with Gasteiger partial charge in [0.15, 0.2) is 0 Å². The maximum absolute atomic E-state index is 6.35. The van der Waals surface area contributed by atoms with Crippen molar-refractivity contribution in [3.63, 3.8) is 0 Å². The van der Waals surface area contributed by atoms with Crippen LogP contribution in [-0.2, 0) is 0 Å². The third kappa shape index (κ3) is 3.82. The van der Waals surface area contributed by atoms with Crippen LogP contribution in [0.5, 0.6) is 0 Å². The van der Waals surface area contributed by atoms with Crippen molar-refractivity contribution in [2.45, 2.75) is 47.1 Å². The number of aryl methyl sites for hydroxylation is 3. The fourth-order valence-electron chi connectivity index (χ4n) is 2.40. The monoisotopic (exact) mass is 248 g/mol. The highest BCUT2D eigenvalue weighted by atomic mass is 15.1. The standard InChI is InChI=1S/C16H28N2/c1-6-18(7-2)9-8-16(17)15-11-13(4)12(3)10-14(15)5/h10-11,16H,6-9,17H2,1-5H3. The molecule has 18 heavy (non-hydrogen) atoms. The molecule has 0 aliphatic carbocycles. The Kier molecular flexibility index (Phi) is 5.83. The molecule has 0 heterocycles. The third-order valence-electron chi connectivity index (χ3n) is 3.93. The molecular formula is C16H28N2. The second kappa shape index (κ2) is 6.91. The van der Waals surface area contributed by atoms with Gasteiger partial charge < -0.3 is 10.6 Å². The molecule has 0 spiro atoms. The van der Waals surface area contributed by atoms with Gasteiger partial charge in [0.05, 0.1) is 0 Å². The number of hydrogen-bond acceptors (Lipinski definition) is 2. The van der Waals surface area contributed by atoms with Gasteiger partial charge in [-0.3, -0.25) is 0 Å². The Labute approximate surface area is 112 Å². The minimum Gasteiger partial charge on any atom is -0.324 e. The zero-order valence-electron chi connectivity index (χ0n) is 12.6. The molecule has 1 unspecified atom stereocenters. The van der Waals surface area contributed by atoms with Crippen molar-refractivity contribution in [3.05, 3.63) is 34.4 Å². The van der Waals surface area contributed by atoms with Gasteiger partial charge in [-0.1, -0.05) is 26.0 Å².